The zero-order valence-corrected chi connectivity index (χ0v) is 19.3. The molecule has 1 atom stereocenters. The van der Waals surface area contributed by atoms with Gasteiger partial charge in [-0.15, -0.1) is 5.10 Å². The Morgan fingerprint density at radius 1 is 1.08 bits per heavy atom. The zero-order chi connectivity index (χ0) is 25.8. The Hall–Kier alpha value is -5.13. The minimum absolute atomic E-state index is 0.0371. The molecule has 2 aliphatic rings. The summed E-state index contributed by atoms with van der Waals surface area (Å²) in [4.78, 5) is 66.1. The van der Waals surface area contributed by atoms with Crippen molar-refractivity contribution < 1.29 is 28.7 Å². The Morgan fingerprint density at radius 2 is 1.92 bits per heavy atom. The number of methoxy groups -OCH3 is 1. The molecule has 2 aromatic carbocycles. The van der Waals surface area contributed by atoms with Crippen molar-refractivity contribution in [1.29, 1.82) is 0 Å². The fourth-order valence-corrected chi connectivity index (χ4v) is 4.71. The molecular weight excluding hydrogens is 480 g/mol. The maximum atomic E-state index is 13.4. The fourth-order valence-electron chi connectivity index (χ4n) is 4.71. The maximum Gasteiger partial charge on any atom is 0.354 e. The van der Waals surface area contributed by atoms with Crippen LogP contribution in [0.25, 0.3) is 27.8 Å². The van der Waals surface area contributed by atoms with E-state index in [1.165, 1.54) is 17.9 Å². The number of carbonyl (C=O) groups excluding carboxylic acids is 5. The van der Waals surface area contributed by atoms with Gasteiger partial charge in [0, 0.05) is 22.9 Å². The monoisotopic (exact) mass is 498 g/mol. The molecule has 12 heteroatoms. The number of ether oxygens (including phenoxy) is 1. The molecular formula is C25H18N6O6. The highest BCUT2D eigenvalue weighted by molar-refractivity contribution is 6.24. The molecule has 12 nitrogen and oxygen atoms in total. The van der Waals surface area contributed by atoms with Crippen molar-refractivity contribution in [1.82, 2.24) is 30.2 Å². The van der Waals surface area contributed by atoms with Crippen LogP contribution in [0.1, 0.15) is 44.0 Å². The Morgan fingerprint density at radius 3 is 2.70 bits per heavy atom. The lowest BCUT2D eigenvalue weighted by Gasteiger charge is -2.27. The van der Waals surface area contributed by atoms with E-state index >= 15 is 0 Å². The van der Waals surface area contributed by atoms with E-state index in [9.17, 15) is 24.0 Å². The van der Waals surface area contributed by atoms with E-state index in [0.29, 0.717) is 28.2 Å². The number of piperidine rings is 1. The molecule has 2 aromatic heterocycles. The van der Waals surface area contributed by atoms with Crippen LogP contribution in [0.4, 0.5) is 0 Å². The molecule has 0 aliphatic carbocycles. The second kappa shape index (κ2) is 8.22. The molecule has 4 heterocycles. The Bertz CT molecular complexity index is 1670. The summed E-state index contributed by atoms with van der Waals surface area (Å²) in [6, 6.07) is 10.8. The predicted octanol–water partition coefficient (Wildman–Crippen LogP) is 1.60. The lowest BCUT2D eigenvalue weighted by molar-refractivity contribution is -0.136. The van der Waals surface area contributed by atoms with Gasteiger partial charge in [0.1, 0.15) is 17.4 Å². The van der Waals surface area contributed by atoms with E-state index in [-0.39, 0.29) is 24.0 Å². The zero-order valence-electron chi connectivity index (χ0n) is 19.3. The van der Waals surface area contributed by atoms with Crippen molar-refractivity contribution >= 4 is 40.5 Å². The minimum atomic E-state index is -1.06. The van der Waals surface area contributed by atoms with Gasteiger partial charge >= 0.3 is 5.97 Å². The van der Waals surface area contributed by atoms with E-state index in [1.807, 2.05) is 18.2 Å². The second-order valence-corrected chi connectivity index (χ2v) is 8.67. The van der Waals surface area contributed by atoms with Gasteiger partial charge < -0.3 is 9.72 Å². The number of aromatic amines is 1. The van der Waals surface area contributed by atoms with Gasteiger partial charge in [-0.2, -0.15) is 0 Å². The van der Waals surface area contributed by atoms with E-state index in [2.05, 4.69) is 20.6 Å². The number of nitrogens with one attached hydrogen (secondary N) is 2. The van der Waals surface area contributed by atoms with Crippen molar-refractivity contribution in [2.45, 2.75) is 18.9 Å². The Balaban J connectivity index is 1.34. The smallest absolute Gasteiger partial charge is 0.354 e. The maximum absolute atomic E-state index is 13.4. The van der Waals surface area contributed by atoms with Gasteiger partial charge in [0.2, 0.25) is 11.8 Å². The van der Waals surface area contributed by atoms with Crippen LogP contribution < -0.4 is 5.32 Å². The van der Waals surface area contributed by atoms with Crippen molar-refractivity contribution in [2.75, 3.05) is 7.11 Å². The van der Waals surface area contributed by atoms with Crippen LogP contribution in [-0.4, -0.2) is 67.6 Å². The summed E-state index contributed by atoms with van der Waals surface area (Å²) in [6.45, 7) is 0. The summed E-state index contributed by atoms with van der Waals surface area (Å²) in [5.41, 5.74) is 2.81. The Labute approximate surface area is 208 Å². The third kappa shape index (κ3) is 3.49. The number of rotatable bonds is 4. The number of H-pyrrole nitrogens is 1. The summed E-state index contributed by atoms with van der Waals surface area (Å²) in [7, 11) is 1.31. The lowest BCUT2D eigenvalue weighted by atomic mass is 10.0. The van der Waals surface area contributed by atoms with Gasteiger partial charge in [-0.25, -0.2) is 9.48 Å². The van der Waals surface area contributed by atoms with E-state index in [0.717, 1.165) is 10.3 Å². The number of hydrogen-bond acceptors (Lipinski definition) is 8. The summed E-state index contributed by atoms with van der Waals surface area (Å²) in [6.07, 6.45) is 1.72. The van der Waals surface area contributed by atoms with Crippen LogP contribution in [0, 0.1) is 0 Å². The molecule has 2 aliphatic heterocycles. The topological polar surface area (TPSA) is 156 Å². The van der Waals surface area contributed by atoms with E-state index in [1.54, 1.807) is 24.4 Å². The first kappa shape index (κ1) is 22.3. The van der Waals surface area contributed by atoms with Crippen LogP contribution in [0.2, 0.25) is 0 Å². The molecule has 4 amide bonds. The van der Waals surface area contributed by atoms with Gasteiger partial charge in [0.25, 0.3) is 11.8 Å². The molecule has 6 rings (SSSR count). The SMILES string of the molecule is COC(=O)c1cc2ccc(-c3cn(-c4cccc5c4C(=O)N(C4CCC(=O)NC4=O)C5=O)nn3)cc2[nH]1. The number of hydrogen-bond donors (Lipinski definition) is 2. The highest BCUT2D eigenvalue weighted by Gasteiger charge is 2.45. The van der Waals surface area contributed by atoms with Gasteiger partial charge in [-0.1, -0.05) is 23.4 Å². The third-order valence-corrected chi connectivity index (χ3v) is 6.51. The molecule has 4 aromatic rings. The first-order valence-corrected chi connectivity index (χ1v) is 11.3. The average molecular weight is 498 g/mol. The molecule has 0 bridgehead atoms. The molecule has 1 saturated heterocycles. The number of esters is 1. The molecule has 184 valence electrons. The van der Waals surface area contributed by atoms with E-state index < -0.39 is 35.6 Å². The van der Waals surface area contributed by atoms with Crippen molar-refractivity contribution in [3.63, 3.8) is 0 Å². The van der Waals surface area contributed by atoms with Crippen molar-refractivity contribution in [3.05, 3.63) is 65.5 Å². The molecule has 0 saturated carbocycles. The first-order chi connectivity index (χ1) is 17.9. The van der Waals surface area contributed by atoms with Crippen LogP contribution in [0.3, 0.4) is 0 Å². The summed E-state index contributed by atoms with van der Waals surface area (Å²) in [5.74, 6) is -2.83. The standard InChI is InChI=1S/C25H18N6O6/c1-37-25(36)16-10-12-5-6-13(9-15(12)26-16)17-11-30(29-28-17)18-4-2-3-14-21(18)24(35)31(23(14)34)19-7-8-20(32)27-22(19)33/h2-6,9-11,19,26H,7-8H2,1H3,(H,27,32,33). The number of nitrogens with zero attached hydrogens (tertiary/aromatic N) is 4. The fraction of sp³-hybridized carbons (Fsp3) is 0.160. The Kier molecular flexibility index (Phi) is 4.97. The molecule has 1 fully saturated rings. The highest BCUT2D eigenvalue weighted by Crippen LogP contribution is 2.32. The molecule has 0 radical (unpaired) electrons. The number of benzene rings is 2. The molecule has 0 spiro atoms. The highest BCUT2D eigenvalue weighted by atomic mass is 16.5. The van der Waals surface area contributed by atoms with Crippen molar-refractivity contribution in [2.24, 2.45) is 0 Å². The lowest BCUT2D eigenvalue weighted by Crippen LogP contribution is -2.54. The third-order valence-electron chi connectivity index (χ3n) is 6.51. The number of aromatic nitrogens is 4. The normalized spacial score (nSPS) is 17.3. The predicted molar refractivity (Wildman–Crippen MR) is 127 cm³/mol. The molecule has 1 unspecified atom stereocenters. The average Bonchev–Trinajstić information content (AvgIpc) is 3.61. The minimum Gasteiger partial charge on any atom is -0.464 e. The van der Waals surface area contributed by atoms with Gasteiger partial charge in [0.15, 0.2) is 0 Å². The second-order valence-electron chi connectivity index (χ2n) is 8.67. The summed E-state index contributed by atoms with van der Waals surface area (Å²) < 4.78 is 6.15. The van der Waals surface area contributed by atoms with E-state index in [4.69, 9.17) is 4.74 Å². The first-order valence-electron chi connectivity index (χ1n) is 11.3. The number of imide groups is 2. The number of fused-ring (bicyclic) bond motifs is 2. The van der Waals surface area contributed by atoms with Crippen LogP contribution in [0.5, 0.6) is 0 Å². The molecule has 37 heavy (non-hydrogen) atoms. The van der Waals surface area contributed by atoms with Gasteiger partial charge in [0.05, 0.1) is 30.1 Å². The van der Waals surface area contributed by atoms with Crippen LogP contribution in [-0.2, 0) is 14.3 Å². The summed E-state index contributed by atoms with van der Waals surface area (Å²) >= 11 is 0. The number of carbonyl (C=O) groups is 5. The van der Waals surface area contributed by atoms with Gasteiger partial charge in [-0.05, 0) is 30.7 Å². The molecule has 2 N–H and O–H groups in total. The number of amides is 4. The van der Waals surface area contributed by atoms with Crippen LogP contribution in [0.15, 0.2) is 48.7 Å². The van der Waals surface area contributed by atoms with Crippen LogP contribution >= 0.6 is 0 Å². The van der Waals surface area contributed by atoms with Crippen molar-refractivity contribution in [3.8, 4) is 16.9 Å². The summed E-state index contributed by atoms with van der Waals surface area (Å²) in [5, 5.41) is 11.4. The van der Waals surface area contributed by atoms with Gasteiger partial charge in [-0.3, -0.25) is 29.4 Å². The largest absolute Gasteiger partial charge is 0.464 e. The quantitative estimate of drug-likeness (QED) is 0.317.